The Morgan fingerprint density at radius 2 is 1.77 bits per heavy atom. The number of hydrogen-bond acceptors (Lipinski definition) is 8. The third kappa shape index (κ3) is 5.27. The molecule has 0 radical (unpaired) electrons. The molecule has 210 valence electrons. The second-order valence-corrected chi connectivity index (χ2v) is 10.3. The molecule has 2 aromatic heterocycles. The van der Waals surface area contributed by atoms with Gasteiger partial charge in [0.25, 0.3) is 6.01 Å². The van der Waals surface area contributed by atoms with Gasteiger partial charge in [0.1, 0.15) is 11.6 Å². The van der Waals surface area contributed by atoms with Crippen molar-refractivity contribution < 1.29 is 26.8 Å². The van der Waals surface area contributed by atoms with E-state index >= 15 is 0 Å². The second-order valence-electron chi connectivity index (χ2n) is 10.3. The van der Waals surface area contributed by atoms with E-state index < -0.39 is 11.7 Å². The number of hydrogen-bond donors (Lipinski definition) is 0. The number of piperidine rings is 1. The number of carbonyl (C=O) groups excluding carboxylic acids is 1. The van der Waals surface area contributed by atoms with E-state index in [1.807, 2.05) is 40.1 Å². The van der Waals surface area contributed by atoms with E-state index in [2.05, 4.69) is 20.1 Å². The van der Waals surface area contributed by atoms with Crippen LogP contribution in [-0.2, 0) is 11.0 Å². The number of rotatable bonds is 5. The molecule has 12 heteroatoms. The zero-order chi connectivity index (χ0) is 27.9. The number of fused-ring (bicyclic) bond motifs is 1. The molecule has 0 spiro atoms. The number of benzene rings is 2. The number of halogens is 3. The first kappa shape index (κ1) is 26.3. The molecule has 2 aromatic carbocycles. The van der Waals surface area contributed by atoms with Gasteiger partial charge in [-0.3, -0.25) is 9.69 Å². The summed E-state index contributed by atoms with van der Waals surface area (Å²) in [5, 5.41) is 8.30. The van der Waals surface area contributed by atoms with Crippen LogP contribution in [0.15, 0.2) is 57.4 Å². The summed E-state index contributed by atoms with van der Waals surface area (Å²) < 4.78 is 50.9. The fourth-order valence-electron chi connectivity index (χ4n) is 5.61. The monoisotopic (exact) mass is 554 g/mol. The predicted octanol–water partition coefficient (Wildman–Crippen LogP) is 4.69. The molecule has 0 bridgehead atoms. The van der Waals surface area contributed by atoms with Gasteiger partial charge in [0.2, 0.25) is 17.7 Å². The van der Waals surface area contributed by atoms with Crippen LogP contribution in [0.1, 0.15) is 41.8 Å². The fourth-order valence-corrected chi connectivity index (χ4v) is 5.61. The van der Waals surface area contributed by atoms with Crippen molar-refractivity contribution in [3.8, 4) is 0 Å². The Bertz CT molecular complexity index is 1480. The first-order chi connectivity index (χ1) is 19.3. The highest BCUT2D eigenvalue weighted by Crippen LogP contribution is 2.34. The van der Waals surface area contributed by atoms with Crippen molar-refractivity contribution in [3.05, 3.63) is 71.4 Å². The molecule has 6 rings (SSSR count). The average molecular weight is 555 g/mol. The van der Waals surface area contributed by atoms with Crippen molar-refractivity contribution in [1.29, 1.82) is 0 Å². The maximum atomic E-state index is 13.5. The van der Waals surface area contributed by atoms with Gasteiger partial charge in [-0.25, -0.2) is 0 Å². The number of alkyl halides is 3. The maximum absolute atomic E-state index is 13.5. The van der Waals surface area contributed by atoms with E-state index in [1.165, 1.54) is 6.07 Å². The largest absolute Gasteiger partial charge is 0.423 e. The van der Waals surface area contributed by atoms with Crippen molar-refractivity contribution in [2.45, 2.75) is 32.0 Å². The molecule has 0 aliphatic carbocycles. The molecule has 4 aromatic rings. The minimum Gasteiger partial charge on any atom is -0.423 e. The molecule has 2 atom stereocenters. The summed E-state index contributed by atoms with van der Waals surface area (Å²) in [6.07, 6.45) is -2.96. The molecule has 0 unspecified atom stereocenters. The predicted molar refractivity (Wildman–Crippen MR) is 139 cm³/mol. The highest BCUT2D eigenvalue weighted by molar-refractivity contribution is 5.80. The first-order valence-electron chi connectivity index (χ1n) is 13.4. The van der Waals surface area contributed by atoms with E-state index in [0.29, 0.717) is 51.0 Å². The van der Waals surface area contributed by atoms with Crippen molar-refractivity contribution in [2.75, 3.05) is 44.2 Å². The van der Waals surface area contributed by atoms with Crippen molar-refractivity contribution in [2.24, 2.45) is 5.92 Å². The third-order valence-electron chi connectivity index (χ3n) is 7.63. The molecule has 40 heavy (non-hydrogen) atoms. The average Bonchev–Trinajstić information content (AvgIpc) is 3.59. The lowest BCUT2D eigenvalue weighted by Crippen LogP contribution is -2.53. The Hall–Kier alpha value is -3.93. The van der Waals surface area contributed by atoms with Gasteiger partial charge in [0.05, 0.1) is 11.5 Å². The van der Waals surface area contributed by atoms with Gasteiger partial charge in [0, 0.05) is 46.2 Å². The number of amides is 1. The van der Waals surface area contributed by atoms with Crippen molar-refractivity contribution >= 4 is 23.0 Å². The molecular formula is C28H29F3N6O3. The van der Waals surface area contributed by atoms with Crippen LogP contribution >= 0.6 is 0 Å². The molecule has 2 saturated heterocycles. The third-order valence-corrected chi connectivity index (χ3v) is 7.63. The van der Waals surface area contributed by atoms with Crippen molar-refractivity contribution in [3.63, 3.8) is 0 Å². The van der Waals surface area contributed by atoms with E-state index in [0.717, 1.165) is 30.5 Å². The lowest BCUT2D eigenvalue weighted by molar-refractivity contribution is -0.138. The van der Waals surface area contributed by atoms with Crippen LogP contribution in [0.4, 0.5) is 19.2 Å². The minimum absolute atomic E-state index is 0.0738. The van der Waals surface area contributed by atoms with Gasteiger partial charge < -0.3 is 18.6 Å². The molecule has 2 aliphatic rings. The standard InChI is InChI=1S/C28H29F3N6O3/c1-18-33-34-25(39-18)24(19-6-3-2-4-7-19)35-12-14-36(15-13-35)26(38)20-8-5-11-37(17-20)27-32-22-16-21(28(29,30)31)9-10-23(22)40-27/h2-4,6-7,9-10,16,20,24H,5,8,11-15,17H2,1H3/t20-,24+/m0/s1. The highest BCUT2D eigenvalue weighted by Gasteiger charge is 2.36. The maximum Gasteiger partial charge on any atom is 0.416 e. The van der Waals surface area contributed by atoms with Crippen LogP contribution in [0.5, 0.6) is 0 Å². The topological polar surface area (TPSA) is 91.7 Å². The van der Waals surface area contributed by atoms with Crippen LogP contribution in [0.25, 0.3) is 11.1 Å². The number of anilines is 1. The van der Waals surface area contributed by atoms with Crippen LogP contribution in [0, 0.1) is 12.8 Å². The number of carbonyl (C=O) groups is 1. The molecule has 2 fully saturated rings. The summed E-state index contributed by atoms with van der Waals surface area (Å²) >= 11 is 0. The summed E-state index contributed by atoms with van der Waals surface area (Å²) in [5.41, 5.74) is 0.722. The van der Waals surface area contributed by atoms with Gasteiger partial charge >= 0.3 is 6.18 Å². The Morgan fingerprint density at radius 3 is 2.48 bits per heavy atom. The highest BCUT2D eigenvalue weighted by atomic mass is 19.4. The SMILES string of the molecule is Cc1nnc([C@@H](c2ccccc2)N2CCN(C(=O)[C@H]3CCCN(c4nc5cc(C(F)(F)F)ccc5o4)C3)CC2)o1. The minimum atomic E-state index is -4.45. The molecule has 1 amide bonds. The first-order valence-corrected chi connectivity index (χ1v) is 13.4. The van der Waals surface area contributed by atoms with Crippen LogP contribution in [0.3, 0.4) is 0 Å². The van der Waals surface area contributed by atoms with Crippen molar-refractivity contribution in [1.82, 2.24) is 25.0 Å². The normalized spacial score (nSPS) is 19.8. The fraction of sp³-hybridized carbons (Fsp3) is 0.429. The molecule has 2 aliphatic heterocycles. The summed E-state index contributed by atoms with van der Waals surface area (Å²) in [6, 6.07) is 13.3. The number of aryl methyl sites for hydroxylation is 1. The molecule has 0 N–H and O–H groups in total. The van der Waals surface area contributed by atoms with Gasteiger partial charge in [-0.15, -0.1) is 10.2 Å². The van der Waals surface area contributed by atoms with E-state index in [9.17, 15) is 18.0 Å². The van der Waals surface area contributed by atoms with E-state index in [1.54, 1.807) is 6.92 Å². The zero-order valence-corrected chi connectivity index (χ0v) is 22.0. The van der Waals surface area contributed by atoms with Crippen LogP contribution < -0.4 is 4.90 Å². The smallest absolute Gasteiger partial charge is 0.416 e. The summed E-state index contributed by atoms with van der Waals surface area (Å²) in [5.74, 6) is 0.868. The number of piperazine rings is 1. The Morgan fingerprint density at radius 1 is 1.00 bits per heavy atom. The summed E-state index contributed by atoms with van der Waals surface area (Å²) in [7, 11) is 0. The van der Waals surface area contributed by atoms with E-state index in [4.69, 9.17) is 8.83 Å². The number of aromatic nitrogens is 3. The number of nitrogens with zero attached hydrogens (tertiary/aromatic N) is 6. The van der Waals surface area contributed by atoms with Crippen LogP contribution in [-0.4, -0.2) is 70.2 Å². The Balaban J connectivity index is 1.12. The number of oxazole rings is 1. The summed E-state index contributed by atoms with van der Waals surface area (Å²) in [6.45, 7) is 5.23. The summed E-state index contributed by atoms with van der Waals surface area (Å²) in [4.78, 5) is 23.9. The van der Waals surface area contributed by atoms with Gasteiger partial charge in [-0.05, 0) is 36.6 Å². The molecule has 0 saturated carbocycles. The molecule has 4 heterocycles. The van der Waals surface area contributed by atoms with Gasteiger partial charge in [-0.1, -0.05) is 30.3 Å². The lowest BCUT2D eigenvalue weighted by Gasteiger charge is -2.40. The lowest BCUT2D eigenvalue weighted by atomic mass is 9.96. The van der Waals surface area contributed by atoms with Gasteiger partial charge in [0.15, 0.2) is 5.58 Å². The molecular weight excluding hydrogens is 525 g/mol. The van der Waals surface area contributed by atoms with Gasteiger partial charge in [-0.2, -0.15) is 18.2 Å². The van der Waals surface area contributed by atoms with Crippen LogP contribution in [0.2, 0.25) is 0 Å². The second kappa shape index (κ2) is 10.6. The molecule has 9 nitrogen and oxygen atoms in total. The Kier molecular flexibility index (Phi) is 6.95. The zero-order valence-electron chi connectivity index (χ0n) is 22.0. The quantitative estimate of drug-likeness (QED) is 0.351. The van der Waals surface area contributed by atoms with E-state index in [-0.39, 0.29) is 35.0 Å². The Labute approximate surface area is 228 Å².